The molecule has 158 valence electrons. The molecule has 0 unspecified atom stereocenters. The monoisotopic (exact) mass is 421 g/mol. The Hall–Kier alpha value is -2.49. The molecule has 0 spiro atoms. The van der Waals surface area contributed by atoms with Gasteiger partial charge in [-0.1, -0.05) is 38.1 Å². The van der Waals surface area contributed by atoms with E-state index in [-0.39, 0.29) is 16.3 Å². The molecule has 2 rings (SSSR count). The van der Waals surface area contributed by atoms with Crippen molar-refractivity contribution in [3.8, 4) is 0 Å². The fraction of sp³-hybridized carbons (Fsp3) is 0.400. The number of sulfonamides is 1. The molecule has 0 aliphatic rings. The molecule has 8 nitrogen and oxygen atoms in total. The number of hydrogen-bond acceptors (Lipinski definition) is 6. The summed E-state index contributed by atoms with van der Waals surface area (Å²) in [6.07, 6.45) is 0. The van der Waals surface area contributed by atoms with Crippen molar-refractivity contribution in [2.75, 3.05) is 25.0 Å². The van der Waals surface area contributed by atoms with E-state index < -0.39 is 14.9 Å². The van der Waals surface area contributed by atoms with Crippen LogP contribution in [-0.2, 0) is 27.9 Å². The van der Waals surface area contributed by atoms with Gasteiger partial charge in [-0.05, 0) is 30.2 Å². The summed E-state index contributed by atoms with van der Waals surface area (Å²) in [6.45, 7) is 7.54. The van der Waals surface area contributed by atoms with Crippen molar-refractivity contribution in [2.24, 2.45) is 0 Å². The average Bonchev–Trinajstić information content (AvgIpc) is 2.72. The van der Waals surface area contributed by atoms with Crippen molar-refractivity contribution < 1.29 is 18.1 Å². The van der Waals surface area contributed by atoms with Crippen molar-refractivity contribution in [3.63, 3.8) is 0 Å². The van der Waals surface area contributed by atoms with Gasteiger partial charge in [0, 0.05) is 32.3 Å². The van der Waals surface area contributed by atoms with Gasteiger partial charge in [0.25, 0.3) is 5.69 Å². The lowest BCUT2D eigenvalue weighted by Crippen LogP contribution is -2.30. The highest BCUT2D eigenvalue weighted by Gasteiger charge is 2.25. The normalized spacial score (nSPS) is 11.6. The van der Waals surface area contributed by atoms with Crippen LogP contribution in [0.1, 0.15) is 31.9 Å². The predicted octanol–water partition coefficient (Wildman–Crippen LogP) is 3.77. The van der Waals surface area contributed by atoms with Gasteiger partial charge in [0.1, 0.15) is 5.69 Å². The van der Waals surface area contributed by atoms with Crippen LogP contribution in [0.15, 0.2) is 47.4 Å². The first-order chi connectivity index (χ1) is 13.8. The molecule has 0 amide bonds. The third-order valence-corrected chi connectivity index (χ3v) is 6.53. The quantitative estimate of drug-likeness (QED) is 0.438. The third kappa shape index (κ3) is 5.75. The SMILES string of the molecule is CCOCc1ccc(CNc2ccc(S(=O)(=O)N(CC)CC)cc2[N+](=O)[O-])cc1. The van der Waals surface area contributed by atoms with Crippen molar-refractivity contribution in [1.29, 1.82) is 0 Å². The molecule has 0 aliphatic carbocycles. The molecule has 2 aromatic rings. The van der Waals surface area contributed by atoms with Gasteiger partial charge in [-0.15, -0.1) is 0 Å². The second-order valence-electron chi connectivity index (χ2n) is 6.33. The summed E-state index contributed by atoms with van der Waals surface area (Å²) in [4.78, 5) is 10.9. The fourth-order valence-electron chi connectivity index (χ4n) is 2.86. The first kappa shape index (κ1) is 22.8. The molecular weight excluding hydrogens is 394 g/mol. The van der Waals surface area contributed by atoms with Crippen LogP contribution in [0.3, 0.4) is 0 Å². The second kappa shape index (κ2) is 10.3. The Labute approximate surface area is 171 Å². The minimum Gasteiger partial charge on any atom is -0.377 e. The summed E-state index contributed by atoms with van der Waals surface area (Å²) in [6, 6.07) is 11.7. The standard InChI is InChI=1S/C20H27N3O5S/c1-4-22(5-2)29(26,27)18-11-12-19(20(13-18)23(24)25)21-14-16-7-9-17(10-8-16)15-28-6-3/h7-13,21H,4-6,14-15H2,1-3H3. The van der Waals surface area contributed by atoms with Crippen molar-refractivity contribution in [1.82, 2.24) is 4.31 Å². The van der Waals surface area contributed by atoms with Crippen LogP contribution in [-0.4, -0.2) is 37.3 Å². The number of nitro benzene ring substituents is 1. The van der Waals surface area contributed by atoms with Crippen LogP contribution >= 0.6 is 0 Å². The summed E-state index contributed by atoms with van der Waals surface area (Å²) in [7, 11) is -3.76. The predicted molar refractivity (Wildman–Crippen MR) is 112 cm³/mol. The third-order valence-electron chi connectivity index (χ3n) is 4.49. The number of nitrogens with zero attached hydrogens (tertiary/aromatic N) is 2. The van der Waals surface area contributed by atoms with Gasteiger partial charge < -0.3 is 10.1 Å². The number of nitro groups is 1. The maximum Gasteiger partial charge on any atom is 0.293 e. The zero-order valence-electron chi connectivity index (χ0n) is 16.9. The fourth-order valence-corrected chi connectivity index (χ4v) is 4.33. The Kier molecular flexibility index (Phi) is 8.12. The van der Waals surface area contributed by atoms with Gasteiger partial charge in [0.15, 0.2) is 0 Å². The Morgan fingerprint density at radius 2 is 1.66 bits per heavy atom. The van der Waals surface area contributed by atoms with Gasteiger partial charge in [-0.3, -0.25) is 10.1 Å². The lowest BCUT2D eigenvalue weighted by molar-refractivity contribution is -0.384. The molecule has 0 aliphatic heterocycles. The largest absolute Gasteiger partial charge is 0.377 e. The number of nitrogens with one attached hydrogen (secondary N) is 1. The van der Waals surface area contributed by atoms with E-state index in [0.29, 0.717) is 32.8 Å². The zero-order chi connectivity index (χ0) is 21.4. The van der Waals surface area contributed by atoms with E-state index in [1.165, 1.54) is 16.4 Å². The summed E-state index contributed by atoms with van der Waals surface area (Å²) in [5.74, 6) is 0. The van der Waals surface area contributed by atoms with E-state index >= 15 is 0 Å². The first-order valence-electron chi connectivity index (χ1n) is 9.51. The summed E-state index contributed by atoms with van der Waals surface area (Å²) in [5, 5.41) is 14.5. The van der Waals surface area contributed by atoms with Crippen LogP contribution in [0.4, 0.5) is 11.4 Å². The Bertz CT molecular complexity index is 926. The van der Waals surface area contributed by atoms with Crippen LogP contribution < -0.4 is 5.32 Å². The number of ether oxygens (including phenoxy) is 1. The van der Waals surface area contributed by atoms with E-state index in [9.17, 15) is 18.5 Å². The van der Waals surface area contributed by atoms with Crippen molar-refractivity contribution in [2.45, 2.75) is 38.8 Å². The van der Waals surface area contributed by atoms with Crippen molar-refractivity contribution in [3.05, 3.63) is 63.7 Å². The minimum atomic E-state index is -3.76. The highest BCUT2D eigenvalue weighted by atomic mass is 32.2. The summed E-state index contributed by atoms with van der Waals surface area (Å²) in [5.41, 5.74) is 1.99. The van der Waals surface area contributed by atoms with Crippen LogP contribution in [0.2, 0.25) is 0 Å². The lowest BCUT2D eigenvalue weighted by Gasteiger charge is -2.18. The number of benzene rings is 2. The van der Waals surface area contributed by atoms with Gasteiger partial charge in [-0.2, -0.15) is 4.31 Å². The Morgan fingerprint density at radius 3 is 2.21 bits per heavy atom. The maximum atomic E-state index is 12.6. The molecule has 0 bridgehead atoms. The van der Waals surface area contributed by atoms with Crippen LogP contribution in [0.5, 0.6) is 0 Å². The molecule has 9 heteroatoms. The Balaban J connectivity index is 2.20. The van der Waals surface area contributed by atoms with E-state index in [2.05, 4.69) is 5.32 Å². The Morgan fingerprint density at radius 1 is 1.03 bits per heavy atom. The van der Waals surface area contributed by atoms with Gasteiger partial charge in [0.05, 0.1) is 16.4 Å². The molecular formula is C20H27N3O5S. The van der Waals surface area contributed by atoms with Gasteiger partial charge in [0.2, 0.25) is 10.0 Å². The minimum absolute atomic E-state index is 0.0845. The molecule has 0 saturated heterocycles. The zero-order valence-corrected chi connectivity index (χ0v) is 17.7. The number of anilines is 1. The molecule has 0 heterocycles. The number of hydrogen-bond donors (Lipinski definition) is 1. The summed E-state index contributed by atoms with van der Waals surface area (Å²) >= 11 is 0. The molecule has 0 radical (unpaired) electrons. The number of rotatable bonds is 11. The first-order valence-corrected chi connectivity index (χ1v) is 11.0. The highest BCUT2D eigenvalue weighted by Crippen LogP contribution is 2.29. The van der Waals surface area contributed by atoms with Crippen LogP contribution in [0.25, 0.3) is 0 Å². The van der Waals surface area contributed by atoms with E-state index in [1.54, 1.807) is 13.8 Å². The highest BCUT2D eigenvalue weighted by molar-refractivity contribution is 7.89. The van der Waals surface area contributed by atoms with Gasteiger partial charge in [-0.25, -0.2) is 8.42 Å². The molecule has 29 heavy (non-hydrogen) atoms. The van der Waals surface area contributed by atoms with E-state index in [0.717, 1.165) is 17.2 Å². The van der Waals surface area contributed by atoms with E-state index in [1.807, 2.05) is 31.2 Å². The maximum absolute atomic E-state index is 12.6. The average molecular weight is 422 g/mol. The molecule has 0 fully saturated rings. The van der Waals surface area contributed by atoms with Crippen LogP contribution in [0, 0.1) is 10.1 Å². The molecule has 0 atom stereocenters. The topological polar surface area (TPSA) is 102 Å². The van der Waals surface area contributed by atoms with E-state index in [4.69, 9.17) is 4.74 Å². The molecule has 1 N–H and O–H groups in total. The second-order valence-corrected chi connectivity index (χ2v) is 8.27. The smallest absolute Gasteiger partial charge is 0.293 e. The molecule has 2 aromatic carbocycles. The lowest BCUT2D eigenvalue weighted by atomic mass is 10.1. The molecule has 0 saturated carbocycles. The molecule has 0 aromatic heterocycles. The van der Waals surface area contributed by atoms with Crippen molar-refractivity contribution >= 4 is 21.4 Å². The summed E-state index contributed by atoms with van der Waals surface area (Å²) < 4.78 is 31.9. The van der Waals surface area contributed by atoms with Gasteiger partial charge >= 0.3 is 0 Å².